The van der Waals surface area contributed by atoms with Crippen molar-refractivity contribution in [1.82, 2.24) is 4.90 Å². The summed E-state index contributed by atoms with van der Waals surface area (Å²) < 4.78 is 5.44. The molecule has 0 radical (unpaired) electrons. The van der Waals surface area contributed by atoms with Gasteiger partial charge in [-0.25, -0.2) is 0 Å². The maximum atomic E-state index is 13.0. The van der Waals surface area contributed by atoms with Crippen LogP contribution >= 0.6 is 0 Å². The van der Waals surface area contributed by atoms with E-state index in [2.05, 4.69) is 32.9 Å². The predicted molar refractivity (Wildman–Crippen MR) is 111 cm³/mol. The molecule has 6 atom stereocenters. The number of carbonyl (C=O) groups excluding carboxylic acids is 3. The first-order chi connectivity index (χ1) is 14.3. The summed E-state index contributed by atoms with van der Waals surface area (Å²) in [6.07, 6.45) is 6.51. The van der Waals surface area contributed by atoms with Crippen LogP contribution in [0.4, 0.5) is 0 Å². The van der Waals surface area contributed by atoms with E-state index in [1.165, 1.54) is 10.5 Å². The molecule has 6 rings (SSSR count). The second-order valence-electron chi connectivity index (χ2n) is 9.97. The summed E-state index contributed by atoms with van der Waals surface area (Å²) in [5.41, 5.74) is 1.27. The Labute approximate surface area is 177 Å². The Hall–Kier alpha value is -2.43. The van der Waals surface area contributed by atoms with E-state index in [4.69, 9.17) is 4.74 Å². The van der Waals surface area contributed by atoms with Gasteiger partial charge < -0.3 is 4.74 Å². The second kappa shape index (κ2) is 6.79. The van der Waals surface area contributed by atoms with E-state index in [-0.39, 0.29) is 53.9 Å². The highest BCUT2D eigenvalue weighted by Crippen LogP contribution is 2.65. The van der Waals surface area contributed by atoms with E-state index in [1.807, 2.05) is 12.1 Å². The van der Waals surface area contributed by atoms with Crippen LogP contribution in [0.25, 0.3) is 0 Å². The maximum absolute atomic E-state index is 13.0. The fraction of sp³-hybridized carbons (Fsp3) is 0.560. The Kier molecular flexibility index (Phi) is 4.42. The van der Waals surface area contributed by atoms with E-state index in [9.17, 15) is 14.4 Å². The molecule has 1 saturated heterocycles. The number of benzene rings is 1. The molecule has 1 aromatic rings. The Balaban J connectivity index is 1.19. The highest BCUT2D eigenvalue weighted by atomic mass is 16.5. The molecule has 0 unspecified atom stereocenters. The lowest BCUT2D eigenvalue weighted by atomic mass is 9.63. The first-order valence-electron chi connectivity index (χ1n) is 11.2. The molecule has 2 bridgehead atoms. The van der Waals surface area contributed by atoms with E-state index >= 15 is 0 Å². The topological polar surface area (TPSA) is 63.7 Å². The van der Waals surface area contributed by atoms with Crippen molar-refractivity contribution in [3.05, 3.63) is 42.0 Å². The molecule has 0 spiro atoms. The SMILES string of the molecule is CCC(C)(C)c1ccc(OC(=O)CCN2C(=O)[C@@H]3[C@@H]4C=C[C@H]([C@@H]5C[C@H]45)[C@H]3C2=O)cc1. The van der Waals surface area contributed by atoms with Gasteiger partial charge in [-0.05, 0) is 59.6 Å². The number of likely N-dealkylation sites (tertiary alicyclic amines) is 1. The third-order valence-electron chi connectivity index (χ3n) is 8.04. The molecule has 1 aromatic carbocycles. The summed E-state index contributed by atoms with van der Waals surface area (Å²) in [5.74, 6) is 1.08. The zero-order valence-electron chi connectivity index (χ0n) is 17.8. The van der Waals surface area contributed by atoms with Gasteiger partial charge in [0.1, 0.15) is 5.75 Å². The van der Waals surface area contributed by atoms with Crippen LogP contribution in [-0.4, -0.2) is 29.2 Å². The van der Waals surface area contributed by atoms with Crippen LogP contribution in [0.2, 0.25) is 0 Å². The number of hydrogen-bond acceptors (Lipinski definition) is 4. The summed E-state index contributed by atoms with van der Waals surface area (Å²) in [4.78, 5) is 39.6. The van der Waals surface area contributed by atoms with Crippen LogP contribution in [0.5, 0.6) is 5.75 Å². The Bertz CT molecular complexity index is 895. The fourth-order valence-electron chi connectivity index (χ4n) is 5.80. The molecule has 30 heavy (non-hydrogen) atoms. The van der Waals surface area contributed by atoms with Gasteiger partial charge in [-0.2, -0.15) is 0 Å². The molecule has 158 valence electrons. The number of rotatable bonds is 6. The van der Waals surface area contributed by atoms with Gasteiger partial charge in [0.25, 0.3) is 0 Å². The summed E-state index contributed by atoms with van der Waals surface area (Å²) in [6, 6.07) is 7.58. The lowest BCUT2D eigenvalue weighted by Crippen LogP contribution is -2.40. The van der Waals surface area contributed by atoms with Crippen LogP contribution < -0.4 is 4.74 Å². The first-order valence-corrected chi connectivity index (χ1v) is 11.2. The lowest BCUT2D eigenvalue weighted by molar-refractivity contribution is -0.141. The molecule has 0 aromatic heterocycles. The highest BCUT2D eigenvalue weighted by molar-refractivity contribution is 6.06. The third-order valence-corrected chi connectivity index (χ3v) is 8.04. The smallest absolute Gasteiger partial charge is 0.312 e. The average molecular weight is 408 g/mol. The average Bonchev–Trinajstić information content (AvgIpc) is 3.52. The van der Waals surface area contributed by atoms with Crippen LogP contribution in [0.1, 0.15) is 45.6 Å². The molecular formula is C25H29NO4. The largest absolute Gasteiger partial charge is 0.426 e. The number of nitrogens with zero attached hydrogens (tertiary/aromatic N) is 1. The number of esters is 1. The molecule has 4 aliphatic carbocycles. The fourth-order valence-corrected chi connectivity index (χ4v) is 5.80. The van der Waals surface area contributed by atoms with E-state index in [0.717, 1.165) is 12.8 Å². The van der Waals surface area contributed by atoms with Gasteiger partial charge in [-0.3, -0.25) is 19.3 Å². The minimum atomic E-state index is -0.420. The van der Waals surface area contributed by atoms with Crippen LogP contribution in [-0.2, 0) is 19.8 Å². The van der Waals surface area contributed by atoms with Gasteiger partial charge in [0.05, 0.1) is 18.3 Å². The molecule has 3 fully saturated rings. The number of imide groups is 1. The molecule has 1 aliphatic heterocycles. The highest BCUT2D eigenvalue weighted by Gasteiger charge is 2.66. The lowest BCUT2D eigenvalue weighted by Gasteiger charge is -2.37. The molecule has 5 nitrogen and oxygen atoms in total. The van der Waals surface area contributed by atoms with Crippen molar-refractivity contribution in [3.63, 3.8) is 0 Å². The standard InChI is InChI=1S/C25H29NO4/c1-4-25(2,3)14-5-7-15(8-6-14)30-20(27)11-12-26-23(28)21-16-9-10-17(19-13-18(16)19)22(21)24(26)29/h5-10,16-19,21-22H,4,11-13H2,1-3H3/t16-,17-,18-,19+,21-,22-/m1/s1. The van der Waals surface area contributed by atoms with Gasteiger partial charge in [-0.15, -0.1) is 0 Å². The van der Waals surface area contributed by atoms with Crippen molar-refractivity contribution in [3.8, 4) is 5.75 Å². The van der Waals surface area contributed by atoms with Crippen molar-refractivity contribution < 1.29 is 19.1 Å². The number of carbonyl (C=O) groups is 3. The van der Waals surface area contributed by atoms with E-state index in [0.29, 0.717) is 17.6 Å². The molecule has 0 N–H and O–H groups in total. The quantitative estimate of drug-likeness (QED) is 0.312. The Morgan fingerprint density at radius 3 is 2.13 bits per heavy atom. The van der Waals surface area contributed by atoms with Crippen molar-refractivity contribution in [2.24, 2.45) is 35.5 Å². The number of ether oxygens (including phenoxy) is 1. The van der Waals surface area contributed by atoms with Crippen LogP contribution in [0, 0.1) is 35.5 Å². The van der Waals surface area contributed by atoms with E-state index in [1.54, 1.807) is 12.1 Å². The van der Waals surface area contributed by atoms with Crippen molar-refractivity contribution >= 4 is 17.8 Å². The molecule has 5 aliphatic rings. The minimum Gasteiger partial charge on any atom is -0.426 e. The first kappa shape index (κ1) is 19.5. The van der Waals surface area contributed by atoms with Gasteiger partial charge in [0.15, 0.2) is 0 Å². The molecule has 1 heterocycles. The number of allylic oxidation sites excluding steroid dienone is 2. The van der Waals surface area contributed by atoms with E-state index < -0.39 is 5.97 Å². The van der Waals surface area contributed by atoms with Crippen LogP contribution in [0.3, 0.4) is 0 Å². The van der Waals surface area contributed by atoms with Crippen molar-refractivity contribution in [1.29, 1.82) is 0 Å². The minimum absolute atomic E-state index is 0.0226. The molecule has 2 amide bonds. The van der Waals surface area contributed by atoms with Crippen molar-refractivity contribution in [2.75, 3.05) is 6.54 Å². The number of amides is 2. The predicted octanol–water partition coefficient (Wildman–Crippen LogP) is 3.72. The summed E-state index contributed by atoms with van der Waals surface area (Å²) in [6.45, 7) is 6.62. The normalized spacial score (nSPS) is 33.5. The molecular weight excluding hydrogens is 378 g/mol. The summed E-state index contributed by atoms with van der Waals surface area (Å²) in [7, 11) is 0. The third kappa shape index (κ3) is 2.93. The summed E-state index contributed by atoms with van der Waals surface area (Å²) in [5, 5.41) is 0. The van der Waals surface area contributed by atoms with Gasteiger partial charge in [0.2, 0.25) is 11.8 Å². The zero-order valence-corrected chi connectivity index (χ0v) is 17.8. The van der Waals surface area contributed by atoms with Gasteiger partial charge >= 0.3 is 5.97 Å². The van der Waals surface area contributed by atoms with Gasteiger partial charge in [-0.1, -0.05) is 45.1 Å². The Morgan fingerprint density at radius 1 is 1.03 bits per heavy atom. The zero-order chi connectivity index (χ0) is 21.2. The van der Waals surface area contributed by atoms with Crippen molar-refractivity contribution in [2.45, 2.75) is 45.4 Å². The Morgan fingerprint density at radius 2 is 1.60 bits per heavy atom. The monoisotopic (exact) mass is 407 g/mol. The molecule has 2 saturated carbocycles. The second-order valence-corrected chi connectivity index (χ2v) is 9.97. The maximum Gasteiger partial charge on any atom is 0.312 e. The molecule has 5 heteroatoms. The number of hydrogen-bond donors (Lipinski definition) is 0. The van der Waals surface area contributed by atoms with Gasteiger partial charge in [0, 0.05) is 6.54 Å². The summed E-state index contributed by atoms with van der Waals surface area (Å²) >= 11 is 0. The van der Waals surface area contributed by atoms with Crippen LogP contribution in [0.15, 0.2) is 36.4 Å².